The van der Waals surface area contributed by atoms with Gasteiger partial charge in [0.1, 0.15) is 22.9 Å². The van der Waals surface area contributed by atoms with E-state index in [2.05, 4.69) is 40.9 Å². The van der Waals surface area contributed by atoms with Gasteiger partial charge in [-0.25, -0.2) is 4.99 Å². The second-order valence-electron chi connectivity index (χ2n) is 8.31. The fraction of sp³-hybridized carbons (Fsp3) is 0.556. The number of alkyl halides is 1. The molecule has 202 valence electrons. The molecule has 6 nitrogen and oxygen atoms in total. The normalized spacial score (nSPS) is 26.5. The second kappa shape index (κ2) is 16.9. The first-order valence-electron chi connectivity index (χ1n) is 12.3. The molecular formula is C27H40Cl3N3O3. The maximum Gasteiger partial charge on any atom is 0.246 e. The predicted molar refractivity (Wildman–Crippen MR) is 153 cm³/mol. The van der Waals surface area contributed by atoms with Crippen LogP contribution in [0.1, 0.15) is 47.5 Å². The fourth-order valence-corrected chi connectivity index (χ4v) is 4.80. The standard InChI is InChI=1S/C25H34Cl3N3O3.C2H6/c1-6-17(9-10-19(7-2)33-5)14-31(8-3)22-12-18(11-16(22)4)29-23(32)15-34-25-21(27)13-20(26)24(28)30-25;1-2/h6-10,13,16,18,21-22,25H,3,11-12,14-15H2,1-2,4-5H3,(H,29,32);1-2H3/b10-9-,17-6-,19-7-;. The lowest BCUT2D eigenvalue weighted by Crippen LogP contribution is -2.39. The summed E-state index contributed by atoms with van der Waals surface area (Å²) in [5.74, 6) is 0.983. The van der Waals surface area contributed by atoms with Gasteiger partial charge in [-0.1, -0.05) is 62.7 Å². The van der Waals surface area contributed by atoms with E-state index in [9.17, 15) is 4.79 Å². The number of nitrogens with one attached hydrogen (secondary N) is 1. The van der Waals surface area contributed by atoms with Crippen LogP contribution in [0.3, 0.4) is 0 Å². The van der Waals surface area contributed by atoms with Crippen molar-refractivity contribution in [2.24, 2.45) is 10.9 Å². The van der Waals surface area contributed by atoms with Gasteiger partial charge in [-0.3, -0.25) is 4.79 Å². The first-order chi connectivity index (χ1) is 17.2. The molecule has 9 heteroatoms. The molecule has 1 amide bonds. The summed E-state index contributed by atoms with van der Waals surface area (Å²) in [5, 5.41) is 2.90. The van der Waals surface area contributed by atoms with Crippen molar-refractivity contribution in [2.75, 3.05) is 20.3 Å². The van der Waals surface area contributed by atoms with Crippen molar-refractivity contribution in [3.63, 3.8) is 0 Å². The third-order valence-corrected chi connectivity index (χ3v) is 7.03. The molecule has 1 aliphatic heterocycles. The van der Waals surface area contributed by atoms with Gasteiger partial charge in [-0.15, -0.1) is 11.6 Å². The molecule has 1 heterocycles. The monoisotopic (exact) mass is 559 g/mol. The average Bonchev–Trinajstić information content (AvgIpc) is 3.23. The summed E-state index contributed by atoms with van der Waals surface area (Å²) in [7, 11) is 1.66. The number of allylic oxidation sites excluding steroid dienone is 4. The molecule has 2 rings (SSSR count). The van der Waals surface area contributed by atoms with Gasteiger partial charge in [-0.2, -0.15) is 0 Å². The molecule has 2 aliphatic rings. The number of dihydropyridines is 1. The molecule has 1 aliphatic carbocycles. The van der Waals surface area contributed by atoms with Crippen molar-refractivity contribution < 1.29 is 14.3 Å². The third-order valence-electron chi connectivity index (χ3n) is 5.98. The van der Waals surface area contributed by atoms with Gasteiger partial charge in [0.05, 0.1) is 12.1 Å². The third kappa shape index (κ3) is 9.97. The summed E-state index contributed by atoms with van der Waals surface area (Å²) in [6.07, 6.45) is 12.4. The number of halogens is 3. The van der Waals surface area contributed by atoms with E-state index in [1.165, 1.54) is 0 Å². The minimum absolute atomic E-state index is 0.0471. The molecule has 0 aromatic carbocycles. The van der Waals surface area contributed by atoms with Crippen molar-refractivity contribution >= 4 is 45.9 Å². The molecule has 5 atom stereocenters. The Morgan fingerprint density at radius 3 is 2.53 bits per heavy atom. The van der Waals surface area contributed by atoms with Gasteiger partial charge in [0.15, 0.2) is 6.23 Å². The van der Waals surface area contributed by atoms with Gasteiger partial charge in [-0.05, 0) is 62.6 Å². The zero-order valence-electron chi connectivity index (χ0n) is 22.1. The number of hydrogen-bond donors (Lipinski definition) is 1. The summed E-state index contributed by atoms with van der Waals surface area (Å²) < 4.78 is 10.9. The summed E-state index contributed by atoms with van der Waals surface area (Å²) >= 11 is 18.0. The fourth-order valence-electron chi connectivity index (χ4n) is 4.14. The van der Waals surface area contributed by atoms with Crippen LogP contribution in [0.4, 0.5) is 0 Å². The highest BCUT2D eigenvalue weighted by Crippen LogP contribution is 2.31. The van der Waals surface area contributed by atoms with Crippen LogP contribution in [0.2, 0.25) is 0 Å². The second-order valence-corrected chi connectivity index (χ2v) is 9.58. The maximum absolute atomic E-state index is 12.5. The van der Waals surface area contributed by atoms with E-state index in [1.807, 2.05) is 46.0 Å². The number of ether oxygens (including phenoxy) is 2. The smallest absolute Gasteiger partial charge is 0.246 e. The molecule has 0 radical (unpaired) electrons. The zero-order chi connectivity index (χ0) is 27.3. The summed E-state index contributed by atoms with van der Waals surface area (Å²) in [6.45, 7) is 14.7. The van der Waals surface area contributed by atoms with Crippen LogP contribution in [0.5, 0.6) is 0 Å². The number of aliphatic imine (C=N–C) groups is 1. The quantitative estimate of drug-likeness (QED) is 0.178. The van der Waals surface area contributed by atoms with E-state index in [0.717, 1.165) is 30.7 Å². The number of amides is 1. The van der Waals surface area contributed by atoms with E-state index in [0.29, 0.717) is 5.92 Å². The molecule has 36 heavy (non-hydrogen) atoms. The highest BCUT2D eigenvalue weighted by atomic mass is 35.5. The van der Waals surface area contributed by atoms with E-state index >= 15 is 0 Å². The van der Waals surface area contributed by atoms with Crippen molar-refractivity contribution in [2.45, 2.75) is 71.1 Å². The minimum Gasteiger partial charge on any atom is -0.497 e. The van der Waals surface area contributed by atoms with Crippen molar-refractivity contribution in [1.82, 2.24) is 10.2 Å². The SMILES string of the molecule is C=CN(CC(/C=C\C(=C\C)OC)=C\C)C1CC(NC(=O)COC2N=C(Cl)C(Cl)=CC2Cl)CC1C.CC. The van der Waals surface area contributed by atoms with Crippen molar-refractivity contribution in [3.8, 4) is 0 Å². The largest absolute Gasteiger partial charge is 0.497 e. The molecular weight excluding hydrogens is 521 g/mol. The molecule has 0 saturated heterocycles. The van der Waals surface area contributed by atoms with Crippen LogP contribution in [-0.2, 0) is 14.3 Å². The Bertz CT molecular complexity index is 883. The molecule has 1 fully saturated rings. The predicted octanol–water partition coefficient (Wildman–Crippen LogP) is 6.52. The molecule has 0 aromatic rings. The summed E-state index contributed by atoms with van der Waals surface area (Å²) in [6, 6.07) is 0.308. The number of carbonyl (C=O) groups excluding carboxylic acids is 1. The van der Waals surface area contributed by atoms with Crippen molar-refractivity contribution in [3.05, 3.63) is 59.5 Å². The molecule has 0 spiro atoms. The molecule has 1 saturated carbocycles. The topological polar surface area (TPSA) is 63.2 Å². The highest BCUT2D eigenvalue weighted by Gasteiger charge is 2.35. The van der Waals surface area contributed by atoms with Crippen LogP contribution >= 0.6 is 34.8 Å². The van der Waals surface area contributed by atoms with E-state index in [1.54, 1.807) is 13.2 Å². The summed E-state index contributed by atoms with van der Waals surface area (Å²) in [4.78, 5) is 18.8. The molecule has 1 N–H and O–H groups in total. The average molecular weight is 561 g/mol. The Hall–Kier alpha value is -1.73. The van der Waals surface area contributed by atoms with Crippen LogP contribution in [0.25, 0.3) is 0 Å². The Kier molecular flexibility index (Phi) is 15.2. The lowest BCUT2D eigenvalue weighted by atomic mass is 10.0. The molecule has 0 aromatic heterocycles. The first kappa shape index (κ1) is 32.3. The Morgan fingerprint density at radius 1 is 1.25 bits per heavy atom. The van der Waals surface area contributed by atoms with Crippen LogP contribution in [-0.4, -0.2) is 59.9 Å². The number of nitrogens with zero attached hydrogens (tertiary/aromatic N) is 2. The summed E-state index contributed by atoms with van der Waals surface area (Å²) in [5.41, 5.74) is 1.15. The Morgan fingerprint density at radius 2 is 1.94 bits per heavy atom. The zero-order valence-corrected chi connectivity index (χ0v) is 24.4. The van der Waals surface area contributed by atoms with Crippen LogP contribution in [0, 0.1) is 5.92 Å². The van der Waals surface area contributed by atoms with Gasteiger partial charge in [0.2, 0.25) is 5.91 Å². The van der Waals surface area contributed by atoms with Gasteiger partial charge >= 0.3 is 0 Å². The molecule has 0 bridgehead atoms. The lowest BCUT2D eigenvalue weighted by Gasteiger charge is -2.31. The number of methoxy groups -OCH3 is 1. The van der Waals surface area contributed by atoms with Crippen molar-refractivity contribution in [1.29, 1.82) is 0 Å². The van der Waals surface area contributed by atoms with Gasteiger partial charge in [0, 0.05) is 18.6 Å². The van der Waals surface area contributed by atoms with Gasteiger partial charge in [0.25, 0.3) is 0 Å². The highest BCUT2D eigenvalue weighted by molar-refractivity contribution is 6.76. The van der Waals surface area contributed by atoms with Crippen LogP contribution in [0.15, 0.2) is 64.5 Å². The van der Waals surface area contributed by atoms with Gasteiger partial charge < -0.3 is 19.7 Å². The number of carbonyl (C=O) groups is 1. The van der Waals surface area contributed by atoms with E-state index < -0.39 is 11.6 Å². The minimum atomic E-state index is -0.748. The maximum atomic E-state index is 12.5. The molecule has 5 unspecified atom stereocenters. The lowest BCUT2D eigenvalue weighted by molar-refractivity contribution is -0.128. The Labute approximate surface area is 231 Å². The number of hydrogen-bond acceptors (Lipinski definition) is 5. The Balaban J connectivity index is 0.00000316. The van der Waals surface area contributed by atoms with E-state index in [-0.39, 0.29) is 34.8 Å². The number of rotatable bonds is 11. The van der Waals surface area contributed by atoms with E-state index in [4.69, 9.17) is 44.3 Å². The van der Waals surface area contributed by atoms with Crippen LogP contribution < -0.4 is 5.32 Å². The first-order valence-corrected chi connectivity index (χ1v) is 13.5.